The Morgan fingerprint density at radius 2 is 0.634 bits per heavy atom. The first-order chi connectivity index (χ1) is 35.1. The van der Waals surface area contributed by atoms with E-state index in [1.165, 1.54) is 119 Å². The molecular formula is C68H40N2S. The van der Waals surface area contributed by atoms with Gasteiger partial charge in [0.05, 0.1) is 22.9 Å². The van der Waals surface area contributed by atoms with Crippen LogP contribution < -0.4 is 0 Å². The van der Waals surface area contributed by atoms with Crippen LogP contribution in [0.1, 0.15) is 0 Å². The highest BCUT2D eigenvalue weighted by molar-refractivity contribution is 7.26. The van der Waals surface area contributed by atoms with E-state index >= 15 is 0 Å². The topological polar surface area (TPSA) is 25.8 Å². The third-order valence-corrected chi connectivity index (χ3v) is 16.0. The Hall–Kier alpha value is -9.02. The quantitative estimate of drug-likeness (QED) is 0.161. The highest BCUT2D eigenvalue weighted by Gasteiger charge is 2.15. The van der Waals surface area contributed by atoms with E-state index in [1.54, 1.807) is 0 Å². The molecule has 13 aromatic carbocycles. The summed E-state index contributed by atoms with van der Waals surface area (Å²) in [5.74, 6) is 0. The molecule has 0 aliphatic carbocycles. The summed E-state index contributed by atoms with van der Waals surface area (Å²) in [6, 6.07) is 87.0. The van der Waals surface area contributed by atoms with E-state index in [-0.39, 0.29) is 0 Å². The number of rotatable bonds is 5. The Morgan fingerprint density at radius 1 is 0.268 bits per heavy atom. The molecule has 0 spiro atoms. The summed E-state index contributed by atoms with van der Waals surface area (Å²) >= 11 is 1.89. The minimum absolute atomic E-state index is 0.875. The summed E-state index contributed by atoms with van der Waals surface area (Å²) in [4.78, 5) is 10.2. The van der Waals surface area contributed by atoms with E-state index < -0.39 is 0 Å². The maximum atomic E-state index is 5.24. The molecule has 3 heteroatoms. The van der Waals surface area contributed by atoms with Crippen molar-refractivity contribution in [2.24, 2.45) is 0 Å². The van der Waals surface area contributed by atoms with Crippen LogP contribution in [0.5, 0.6) is 0 Å². The minimum Gasteiger partial charge on any atom is -0.252 e. The Bertz CT molecular complexity index is 4680. The monoisotopic (exact) mass is 916 g/mol. The Balaban J connectivity index is 0.680. The minimum atomic E-state index is 0.875. The molecule has 0 atom stereocenters. The van der Waals surface area contributed by atoms with Crippen LogP contribution >= 0.6 is 11.3 Å². The summed E-state index contributed by atoms with van der Waals surface area (Å²) in [5, 5.41) is 17.1. The summed E-state index contributed by atoms with van der Waals surface area (Å²) in [6.07, 6.45) is 1.92. The van der Waals surface area contributed by atoms with Crippen LogP contribution in [0.3, 0.4) is 0 Å². The van der Waals surface area contributed by atoms with Gasteiger partial charge in [0.2, 0.25) is 0 Å². The number of hydrogen-bond acceptors (Lipinski definition) is 3. The molecule has 0 saturated carbocycles. The van der Waals surface area contributed by atoms with E-state index in [4.69, 9.17) is 9.97 Å². The molecule has 0 fully saturated rings. The second-order valence-electron chi connectivity index (χ2n) is 18.9. The lowest BCUT2D eigenvalue weighted by molar-refractivity contribution is 1.31. The van der Waals surface area contributed by atoms with Crippen molar-refractivity contribution in [3.63, 3.8) is 0 Å². The van der Waals surface area contributed by atoms with Crippen LogP contribution in [-0.2, 0) is 0 Å². The van der Waals surface area contributed by atoms with Gasteiger partial charge in [0, 0.05) is 36.5 Å². The number of aromatic nitrogens is 2. The van der Waals surface area contributed by atoms with E-state index in [2.05, 4.69) is 237 Å². The Morgan fingerprint density at radius 3 is 1.13 bits per heavy atom. The lowest BCUT2D eigenvalue weighted by atomic mass is 9.94. The van der Waals surface area contributed by atoms with Gasteiger partial charge < -0.3 is 0 Å². The van der Waals surface area contributed by atoms with Crippen LogP contribution in [0, 0.1) is 0 Å². The zero-order valence-electron chi connectivity index (χ0n) is 38.4. The number of hydrogen-bond donors (Lipinski definition) is 0. The van der Waals surface area contributed by atoms with Gasteiger partial charge in [-0.3, -0.25) is 4.98 Å². The molecule has 71 heavy (non-hydrogen) atoms. The lowest BCUT2D eigenvalue weighted by Crippen LogP contribution is -1.92. The first-order valence-electron chi connectivity index (χ1n) is 24.3. The molecule has 0 bridgehead atoms. The second kappa shape index (κ2) is 15.8. The summed E-state index contributed by atoms with van der Waals surface area (Å²) < 4.78 is 2.69. The average Bonchev–Trinajstić information content (AvgIpc) is 3.83. The zero-order valence-corrected chi connectivity index (χ0v) is 39.2. The van der Waals surface area contributed by atoms with Gasteiger partial charge in [0.1, 0.15) is 0 Å². The number of thiophene rings is 1. The molecule has 0 radical (unpaired) electrons. The molecule has 15 aromatic rings. The van der Waals surface area contributed by atoms with Crippen molar-refractivity contribution >= 4 is 107 Å². The predicted octanol–water partition coefficient (Wildman–Crippen LogP) is 19.3. The summed E-state index contributed by atoms with van der Waals surface area (Å²) in [5.41, 5.74) is 13.7. The fourth-order valence-electron chi connectivity index (χ4n) is 11.1. The molecule has 2 nitrogen and oxygen atoms in total. The van der Waals surface area contributed by atoms with E-state index in [0.29, 0.717) is 0 Å². The molecule has 2 heterocycles. The molecule has 0 amide bonds. The molecular weight excluding hydrogens is 877 g/mol. The molecule has 0 aliphatic heterocycles. The van der Waals surface area contributed by atoms with Crippen molar-refractivity contribution in [2.45, 2.75) is 0 Å². The van der Waals surface area contributed by atoms with Gasteiger partial charge in [-0.1, -0.05) is 182 Å². The maximum absolute atomic E-state index is 5.24. The third kappa shape index (κ3) is 6.62. The van der Waals surface area contributed by atoms with Gasteiger partial charge >= 0.3 is 0 Å². The van der Waals surface area contributed by atoms with Crippen molar-refractivity contribution in [1.82, 2.24) is 9.97 Å². The number of nitrogens with zero attached hydrogens (tertiary/aromatic N) is 2. The van der Waals surface area contributed by atoms with Gasteiger partial charge in [-0.15, -0.1) is 11.3 Å². The smallest absolute Gasteiger partial charge is 0.0979 e. The van der Waals surface area contributed by atoms with E-state index in [1.807, 2.05) is 17.5 Å². The van der Waals surface area contributed by atoms with Gasteiger partial charge in [-0.2, -0.15) is 0 Å². The second-order valence-corrected chi connectivity index (χ2v) is 20.0. The van der Waals surface area contributed by atoms with Crippen molar-refractivity contribution < 1.29 is 0 Å². The average molecular weight is 917 g/mol. The standard InChI is InChI=1S/C68H40N2S/c1-3-11-61-58(8-1)59-9-2-4-12-62(59)67-66(61)69-40-64(70-67)56-31-29-52-37-50(25-27-54(52)39-56)48-23-21-44-33-42(17-19-46(44)35-48)41-16-18-45-34-47(22-20-43(45)32-41)49-24-26-53-38-55(30-28-51(53)36-49)57-13-7-14-63-60-10-5-6-15-65(60)71-68(57)63/h1-40H. The SMILES string of the molecule is c1ccc2c(c1)sc1c(-c3ccc4cc(-c5ccc6cc(-c7ccc8cc(-c9ccc%10cc(-c%11cnc%12c%13ccccc%13c%13ccccc%13c%12n%11)ccc%10c9)ccc8c7)ccc6c5)ccc4c3)cccc12. The zero-order chi connectivity index (χ0) is 46.6. The Labute approximate surface area is 413 Å². The van der Waals surface area contributed by atoms with E-state index in [0.717, 1.165) is 33.1 Å². The Kier molecular flexibility index (Phi) is 8.86. The van der Waals surface area contributed by atoms with Crippen LogP contribution in [0.25, 0.3) is 152 Å². The molecule has 0 aliphatic rings. The van der Waals surface area contributed by atoms with Crippen LogP contribution in [0.15, 0.2) is 243 Å². The van der Waals surface area contributed by atoms with Crippen molar-refractivity contribution in [3.05, 3.63) is 243 Å². The highest BCUT2D eigenvalue weighted by atomic mass is 32.1. The van der Waals surface area contributed by atoms with Gasteiger partial charge in [0.15, 0.2) is 0 Å². The lowest BCUT2D eigenvalue weighted by Gasteiger charge is -2.11. The van der Waals surface area contributed by atoms with Crippen LogP contribution in [0.2, 0.25) is 0 Å². The van der Waals surface area contributed by atoms with Gasteiger partial charge in [-0.25, -0.2) is 4.98 Å². The predicted molar refractivity (Wildman–Crippen MR) is 305 cm³/mol. The van der Waals surface area contributed by atoms with Crippen LogP contribution in [-0.4, -0.2) is 9.97 Å². The first-order valence-corrected chi connectivity index (χ1v) is 25.1. The molecule has 328 valence electrons. The first kappa shape index (κ1) is 39.9. The fraction of sp³-hybridized carbons (Fsp3) is 0. The van der Waals surface area contributed by atoms with E-state index in [9.17, 15) is 0 Å². The van der Waals surface area contributed by atoms with Crippen molar-refractivity contribution in [2.75, 3.05) is 0 Å². The molecule has 0 unspecified atom stereocenters. The number of benzene rings is 13. The van der Waals surface area contributed by atoms with Crippen molar-refractivity contribution in [3.8, 4) is 55.8 Å². The normalized spacial score (nSPS) is 11.9. The van der Waals surface area contributed by atoms with Gasteiger partial charge in [-0.05, 0) is 153 Å². The molecule has 0 saturated heterocycles. The van der Waals surface area contributed by atoms with Crippen LogP contribution in [0.4, 0.5) is 0 Å². The summed E-state index contributed by atoms with van der Waals surface area (Å²) in [7, 11) is 0. The third-order valence-electron chi connectivity index (χ3n) is 14.8. The highest BCUT2D eigenvalue weighted by Crippen LogP contribution is 2.42. The summed E-state index contributed by atoms with van der Waals surface area (Å²) in [6.45, 7) is 0. The molecule has 0 N–H and O–H groups in total. The molecule has 15 rings (SSSR count). The molecule has 2 aromatic heterocycles. The van der Waals surface area contributed by atoms with Crippen molar-refractivity contribution in [1.29, 1.82) is 0 Å². The fourth-order valence-corrected chi connectivity index (χ4v) is 12.4. The largest absolute Gasteiger partial charge is 0.252 e. The van der Waals surface area contributed by atoms with Gasteiger partial charge in [0.25, 0.3) is 0 Å². The number of fused-ring (bicyclic) bond motifs is 13. The maximum Gasteiger partial charge on any atom is 0.0979 e.